The van der Waals surface area contributed by atoms with Gasteiger partial charge in [-0.15, -0.1) is 0 Å². The quantitative estimate of drug-likeness (QED) is 0.677. The standard InChI is InChI=1S/C8H12O2S/c1-11-7-2-3-8(10)6(4-7)5-9/h2-5,10H,1H3,11H4/i11D3. The SMILES string of the molecule is [2H][SH]([2H])([2H])(C)c1ccc(O)c(C=O)c1. The van der Waals surface area contributed by atoms with E-state index >= 15 is 0 Å². The lowest BCUT2D eigenvalue weighted by Gasteiger charge is -2.01. The number of aldehydes is 1. The normalized spacial score (nSPS) is 18.6. The van der Waals surface area contributed by atoms with Crippen LogP contribution in [0.15, 0.2) is 23.1 Å². The Labute approximate surface area is 72.5 Å². The van der Waals surface area contributed by atoms with Crippen LogP contribution in [-0.2, 0) is 0 Å². The molecule has 0 radical (unpaired) electrons. The number of carbonyl (C=O) groups is 1. The van der Waals surface area contributed by atoms with Gasteiger partial charge in [-0.05, 0) is 23.1 Å². The van der Waals surface area contributed by atoms with Gasteiger partial charge in [0, 0.05) is 0 Å². The molecular formula is C8H12O2S. The molecule has 1 N–H and O–H groups in total. The van der Waals surface area contributed by atoms with Gasteiger partial charge in [0.25, 0.3) is 0 Å². The van der Waals surface area contributed by atoms with Crippen molar-refractivity contribution >= 4 is 17.8 Å². The molecule has 0 fully saturated rings. The lowest BCUT2D eigenvalue weighted by atomic mass is 10.2. The van der Waals surface area contributed by atoms with Crippen LogP contribution < -0.4 is 0 Å². The molecule has 0 unspecified atom stereocenters. The van der Waals surface area contributed by atoms with Crippen molar-refractivity contribution in [1.29, 1.82) is 3.37 Å². The molecule has 0 heterocycles. The Bertz CT molecular complexity index is 375. The van der Waals surface area contributed by atoms with Crippen molar-refractivity contribution in [3.05, 3.63) is 23.8 Å². The maximum Gasteiger partial charge on any atom is 0.153 e. The Morgan fingerprint density at radius 3 is 3.00 bits per heavy atom. The Morgan fingerprint density at radius 1 is 1.73 bits per heavy atom. The molecular weight excluding hydrogens is 160 g/mol. The molecule has 0 saturated carbocycles. The molecule has 11 heavy (non-hydrogen) atoms. The minimum Gasteiger partial charge on any atom is -0.507 e. The zero-order chi connectivity index (χ0) is 11.0. The first kappa shape index (κ1) is 4.83. The van der Waals surface area contributed by atoms with E-state index in [1.807, 2.05) is 0 Å². The Kier molecular flexibility index (Phi) is 1.51. The van der Waals surface area contributed by atoms with Crippen molar-refractivity contribution in [1.82, 2.24) is 0 Å². The average Bonchev–Trinajstić information content (AvgIpc) is 2.01. The monoisotopic (exact) mass is 175 g/mol. The van der Waals surface area contributed by atoms with Crippen LogP contribution in [0.1, 0.15) is 10.4 Å². The lowest BCUT2D eigenvalue weighted by Crippen LogP contribution is -1.81. The molecule has 0 aliphatic heterocycles. The van der Waals surface area contributed by atoms with Gasteiger partial charge in [0.2, 0.25) is 0 Å². The molecule has 2 nitrogen and oxygen atoms in total. The number of aromatic hydroxyl groups is 1. The van der Waals surface area contributed by atoms with E-state index in [-0.39, 0.29) is 16.2 Å². The summed E-state index contributed by atoms with van der Waals surface area (Å²) in [6.45, 7) is 0. The van der Waals surface area contributed by atoms with Crippen LogP contribution in [0, 0.1) is 0 Å². The molecule has 0 atom stereocenters. The van der Waals surface area contributed by atoms with Gasteiger partial charge in [-0.2, -0.15) is 0 Å². The van der Waals surface area contributed by atoms with Crippen molar-refractivity contribution in [2.45, 2.75) is 4.90 Å². The summed E-state index contributed by atoms with van der Waals surface area (Å²) < 4.78 is 22.6. The maximum absolute atomic E-state index is 10.5. The van der Waals surface area contributed by atoms with Crippen LogP contribution in [0.25, 0.3) is 0 Å². The number of hydrogen-bond acceptors (Lipinski definition) is 2. The fraction of sp³-hybridized carbons (Fsp3) is 0.125. The van der Waals surface area contributed by atoms with Gasteiger partial charge in [-0.3, -0.25) is 16.3 Å². The maximum atomic E-state index is 10.5. The number of benzene rings is 1. The third-order valence-electron chi connectivity index (χ3n) is 1.40. The molecule has 1 aromatic carbocycles. The highest BCUT2D eigenvalue weighted by Crippen LogP contribution is 2.21. The van der Waals surface area contributed by atoms with Gasteiger partial charge in [0.15, 0.2) is 6.29 Å². The first-order chi connectivity index (χ1) is 6.21. The van der Waals surface area contributed by atoms with Crippen molar-refractivity contribution in [2.75, 3.05) is 6.26 Å². The van der Waals surface area contributed by atoms with Gasteiger partial charge >= 0.3 is 0 Å². The average molecular weight is 175 g/mol. The van der Waals surface area contributed by atoms with E-state index in [0.29, 0.717) is 6.29 Å². The molecule has 0 aromatic heterocycles. The smallest absolute Gasteiger partial charge is 0.153 e. The molecule has 1 rings (SSSR count). The molecule has 0 aliphatic carbocycles. The summed E-state index contributed by atoms with van der Waals surface area (Å²) in [5, 5.41) is 9.18. The molecule has 0 aliphatic rings. The zero-order valence-electron chi connectivity index (χ0n) is 9.11. The van der Waals surface area contributed by atoms with E-state index in [0.717, 1.165) is 0 Å². The number of carbonyl (C=O) groups excluding carboxylic acids is 1. The Hall–Kier alpha value is -0.960. The second kappa shape index (κ2) is 3.44. The van der Waals surface area contributed by atoms with Gasteiger partial charge in [-0.25, -0.2) is 0 Å². The molecule has 3 heteroatoms. The van der Waals surface area contributed by atoms with E-state index in [4.69, 9.17) is 3.37 Å². The van der Waals surface area contributed by atoms with Gasteiger partial charge in [-0.1, -0.05) is 6.26 Å². The van der Waals surface area contributed by atoms with E-state index in [9.17, 15) is 9.90 Å². The van der Waals surface area contributed by atoms with Crippen LogP contribution in [0.3, 0.4) is 0 Å². The predicted octanol–water partition coefficient (Wildman–Crippen LogP) is 0.856. The number of phenolic OH excluding ortho intramolecular Hbond substituents is 1. The fourth-order valence-electron chi connectivity index (χ4n) is 0.775. The van der Waals surface area contributed by atoms with E-state index in [1.165, 1.54) is 24.5 Å². The van der Waals surface area contributed by atoms with E-state index < -0.39 is 11.5 Å². The summed E-state index contributed by atoms with van der Waals surface area (Å²) in [5.41, 5.74) is 0.0186. The number of rotatable bonds is 2. The van der Waals surface area contributed by atoms with Crippen molar-refractivity contribution in [3.63, 3.8) is 0 Å². The van der Waals surface area contributed by atoms with Crippen LogP contribution in [0.4, 0.5) is 0 Å². The van der Waals surface area contributed by atoms with E-state index in [2.05, 4.69) is 0 Å². The molecule has 1 aromatic rings. The zero-order valence-corrected chi connectivity index (χ0v) is 7.01. The van der Waals surface area contributed by atoms with Gasteiger partial charge in [0.05, 0.1) is 8.93 Å². The third kappa shape index (κ3) is 1.74. The van der Waals surface area contributed by atoms with Crippen molar-refractivity contribution in [2.24, 2.45) is 0 Å². The molecule has 0 saturated heterocycles. The molecule has 0 bridgehead atoms. The summed E-state index contributed by atoms with van der Waals surface area (Å²) in [5.74, 6) is -0.191. The van der Waals surface area contributed by atoms with Crippen molar-refractivity contribution < 1.29 is 9.90 Å². The highest BCUT2D eigenvalue weighted by Gasteiger charge is 1.98. The van der Waals surface area contributed by atoms with Gasteiger partial charge < -0.3 is 5.11 Å². The number of phenols is 1. The third-order valence-corrected chi connectivity index (χ3v) is 2.19. The highest BCUT2D eigenvalue weighted by atomic mass is 32.2. The summed E-state index contributed by atoms with van der Waals surface area (Å²) >= 11 is -4.09. The summed E-state index contributed by atoms with van der Waals surface area (Å²) in [6.07, 6.45) is 1.66. The summed E-state index contributed by atoms with van der Waals surface area (Å²) in [4.78, 5) is 10.6. The topological polar surface area (TPSA) is 37.3 Å². The number of hydrogen-bond donors (Lipinski definition) is 1. The van der Waals surface area contributed by atoms with E-state index in [1.54, 1.807) is 0 Å². The second-order valence-corrected chi connectivity index (χ2v) is 3.05. The minimum atomic E-state index is -4.09. The first-order valence-electron chi connectivity index (χ1n) is 4.50. The Morgan fingerprint density at radius 2 is 2.45 bits per heavy atom. The van der Waals surface area contributed by atoms with Crippen LogP contribution in [-0.4, -0.2) is 21.0 Å². The Balaban J connectivity index is 3.34. The van der Waals surface area contributed by atoms with Crippen LogP contribution in [0.5, 0.6) is 5.75 Å². The largest absolute Gasteiger partial charge is 0.507 e. The highest BCUT2D eigenvalue weighted by molar-refractivity contribution is 7.98. The van der Waals surface area contributed by atoms with Crippen molar-refractivity contribution in [3.8, 4) is 5.75 Å². The minimum absolute atomic E-state index is 0.0186. The summed E-state index contributed by atoms with van der Waals surface area (Å²) in [7, 11) is 0. The predicted molar refractivity (Wildman–Crippen MR) is 50.9 cm³/mol. The lowest BCUT2D eigenvalue weighted by molar-refractivity contribution is 0.112. The molecule has 0 amide bonds. The second-order valence-electron chi connectivity index (χ2n) is 2.08. The fourth-order valence-corrected chi connectivity index (χ4v) is 1.27. The molecule has 62 valence electrons. The molecule has 0 spiro atoms. The van der Waals surface area contributed by atoms with Crippen LogP contribution >= 0.6 is 11.5 Å². The van der Waals surface area contributed by atoms with Gasteiger partial charge in [0.1, 0.15) is 5.75 Å². The first-order valence-corrected chi connectivity index (χ1v) is 4.50. The van der Waals surface area contributed by atoms with Crippen LogP contribution in [0.2, 0.25) is 0 Å². The summed E-state index contributed by atoms with van der Waals surface area (Å²) in [6, 6.07) is 3.81.